The number of hydrogen-bond acceptors (Lipinski definition) is 3. The number of benzene rings is 1. The summed E-state index contributed by atoms with van der Waals surface area (Å²) in [7, 11) is 0. The van der Waals surface area contributed by atoms with E-state index in [-0.39, 0.29) is 11.7 Å². The molecule has 0 saturated carbocycles. The molecule has 1 N–H and O–H groups in total. The van der Waals surface area contributed by atoms with Crippen molar-refractivity contribution < 1.29 is 13.7 Å². The monoisotopic (exact) mass is 244 g/mol. The Labute approximate surface area is 97.8 Å². The van der Waals surface area contributed by atoms with E-state index in [0.717, 1.165) is 18.6 Å². The van der Waals surface area contributed by atoms with Gasteiger partial charge in [0, 0.05) is 12.1 Å². The molecule has 0 spiro atoms. The van der Waals surface area contributed by atoms with Gasteiger partial charge in [-0.3, -0.25) is 10.1 Å². The first-order valence-electron chi connectivity index (χ1n) is 5.36. The summed E-state index contributed by atoms with van der Waals surface area (Å²) in [6.45, 7) is 3.70. The van der Waals surface area contributed by atoms with Crippen LogP contribution in [0.25, 0.3) is 0 Å². The highest BCUT2D eigenvalue weighted by Gasteiger charge is 2.22. The summed E-state index contributed by atoms with van der Waals surface area (Å²) in [5.41, 5.74) is -0.831. The van der Waals surface area contributed by atoms with Crippen LogP contribution >= 0.6 is 0 Å². The number of nitrogens with zero attached hydrogens (tertiary/aromatic N) is 1. The van der Waals surface area contributed by atoms with Crippen LogP contribution in [0.3, 0.4) is 0 Å². The van der Waals surface area contributed by atoms with Crippen LogP contribution < -0.4 is 5.32 Å². The maximum absolute atomic E-state index is 13.5. The van der Waals surface area contributed by atoms with Gasteiger partial charge in [-0.15, -0.1) is 0 Å². The van der Waals surface area contributed by atoms with Gasteiger partial charge in [-0.05, 0) is 19.4 Å². The van der Waals surface area contributed by atoms with Gasteiger partial charge in [-0.1, -0.05) is 13.3 Å². The summed E-state index contributed by atoms with van der Waals surface area (Å²) in [5.74, 6) is -2.30. The van der Waals surface area contributed by atoms with Crippen molar-refractivity contribution in [2.24, 2.45) is 0 Å². The number of anilines is 1. The molecule has 0 aliphatic rings. The van der Waals surface area contributed by atoms with Crippen LogP contribution in [0.15, 0.2) is 12.1 Å². The number of rotatable bonds is 5. The SMILES string of the molecule is CCCC(C)Nc1c([N+](=O)[O-])ccc(F)c1F. The molecule has 1 atom stereocenters. The molecular formula is C11H14F2N2O2. The highest BCUT2D eigenvalue weighted by Crippen LogP contribution is 2.29. The standard InChI is InChI=1S/C11H14F2N2O2/c1-3-4-7(2)14-11-9(15(16)17)6-5-8(12)10(11)13/h5-7,14H,3-4H2,1-2H3. The Hall–Kier alpha value is -1.72. The lowest BCUT2D eigenvalue weighted by Crippen LogP contribution is -2.17. The molecule has 4 nitrogen and oxygen atoms in total. The van der Waals surface area contributed by atoms with E-state index in [1.165, 1.54) is 0 Å². The highest BCUT2D eigenvalue weighted by molar-refractivity contribution is 5.62. The fraction of sp³-hybridized carbons (Fsp3) is 0.455. The molecule has 6 heteroatoms. The topological polar surface area (TPSA) is 55.2 Å². The van der Waals surface area contributed by atoms with Crippen LogP contribution in [-0.4, -0.2) is 11.0 Å². The third-order valence-corrected chi connectivity index (χ3v) is 2.38. The molecule has 1 unspecified atom stereocenters. The van der Waals surface area contributed by atoms with E-state index >= 15 is 0 Å². The quantitative estimate of drug-likeness (QED) is 0.637. The first kappa shape index (κ1) is 13.3. The predicted octanol–water partition coefficient (Wildman–Crippen LogP) is 3.47. The summed E-state index contributed by atoms with van der Waals surface area (Å²) in [5, 5.41) is 13.3. The molecule has 0 amide bonds. The van der Waals surface area contributed by atoms with Gasteiger partial charge < -0.3 is 5.32 Å². The van der Waals surface area contributed by atoms with Gasteiger partial charge in [-0.2, -0.15) is 0 Å². The lowest BCUT2D eigenvalue weighted by molar-refractivity contribution is -0.384. The summed E-state index contributed by atoms with van der Waals surface area (Å²) < 4.78 is 26.5. The zero-order chi connectivity index (χ0) is 13.0. The average molecular weight is 244 g/mol. The summed E-state index contributed by atoms with van der Waals surface area (Å²) in [6, 6.07) is 1.55. The van der Waals surface area contributed by atoms with Gasteiger partial charge in [0.05, 0.1) is 4.92 Å². The van der Waals surface area contributed by atoms with Gasteiger partial charge in [0.15, 0.2) is 17.3 Å². The maximum Gasteiger partial charge on any atom is 0.295 e. The average Bonchev–Trinajstić information content (AvgIpc) is 2.25. The Morgan fingerprint density at radius 1 is 1.47 bits per heavy atom. The largest absolute Gasteiger partial charge is 0.375 e. The molecule has 1 aromatic carbocycles. The first-order chi connectivity index (χ1) is 7.97. The zero-order valence-electron chi connectivity index (χ0n) is 9.67. The molecule has 0 bridgehead atoms. The van der Waals surface area contributed by atoms with Gasteiger partial charge in [0.25, 0.3) is 5.69 Å². The molecule has 0 saturated heterocycles. The second kappa shape index (κ2) is 5.56. The summed E-state index contributed by atoms with van der Waals surface area (Å²) in [6.07, 6.45) is 1.56. The van der Waals surface area contributed by atoms with Gasteiger partial charge >= 0.3 is 0 Å². The molecule has 94 valence electrons. The summed E-state index contributed by atoms with van der Waals surface area (Å²) in [4.78, 5) is 9.97. The first-order valence-corrected chi connectivity index (χ1v) is 5.36. The summed E-state index contributed by atoms with van der Waals surface area (Å²) >= 11 is 0. The van der Waals surface area contributed by atoms with Crippen molar-refractivity contribution in [1.29, 1.82) is 0 Å². The van der Waals surface area contributed by atoms with Crippen LogP contribution in [0.1, 0.15) is 26.7 Å². The lowest BCUT2D eigenvalue weighted by atomic mass is 10.1. The van der Waals surface area contributed by atoms with Crippen molar-refractivity contribution in [3.8, 4) is 0 Å². The van der Waals surface area contributed by atoms with Crippen molar-refractivity contribution >= 4 is 11.4 Å². The Morgan fingerprint density at radius 3 is 2.65 bits per heavy atom. The van der Waals surface area contributed by atoms with Crippen molar-refractivity contribution in [2.45, 2.75) is 32.7 Å². The van der Waals surface area contributed by atoms with Crippen LogP contribution in [0.4, 0.5) is 20.2 Å². The Kier molecular flexibility index (Phi) is 4.37. The molecule has 17 heavy (non-hydrogen) atoms. The number of nitrogens with one attached hydrogen (secondary N) is 1. The molecule has 0 aliphatic heterocycles. The van der Waals surface area contributed by atoms with E-state index in [4.69, 9.17) is 0 Å². The van der Waals surface area contributed by atoms with Crippen molar-refractivity contribution in [3.63, 3.8) is 0 Å². The predicted molar refractivity (Wildman–Crippen MR) is 61.0 cm³/mol. The molecule has 0 fully saturated rings. The highest BCUT2D eigenvalue weighted by atomic mass is 19.2. The molecule has 0 heterocycles. The molecule has 1 aromatic rings. The van der Waals surface area contributed by atoms with Crippen LogP contribution in [0.5, 0.6) is 0 Å². The normalized spacial score (nSPS) is 12.2. The van der Waals surface area contributed by atoms with Crippen LogP contribution in [0, 0.1) is 21.7 Å². The molecule has 0 radical (unpaired) electrons. The van der Waals surface area contributed by atoms with Gasteiger partial charge in [0.2, 0.25) is 0 Å². The number of nitro benzene ring substituents is 1. The minimum atomic E-state index is -1.21. The van der Waals surface area contributed by atoms with E-state index in [9.17, 15) is 18.9 Å². The number of halogens is 2. The maximum atomic E-state index is 13.5. The second-order valence-corrected chi connectivity index (χ2v) is 3.85. The lowest BCUT2D eigenvalue weighted by Gasteiger charge is -2.15. The fourth-order valence-corrected chi connectivity index (χ4v) is 1.58. The minimum absolute atomic E-state index is 0.157. The number of nitro groups is 1. The van der Waals surface area contributed by atoms with Crippen LogP contribution in [0.2, 0.25) is 0 Å². The second-order valence-electron chi connectivity index (χ2n) is 3.85. The molecule has 0 aromatic heterocycles. The molecular weight excluding hydrogens is 230 g/mol. The molecule has 1 rings (SSSR count). The van der Waals surface area contributed by atoms with Crippen molar-refractivity contribution in [1.82, 2.24) is 0 Å². The third-order valence-electron chi connectivity index (χ3n) is 2.38. The Morgan fingerprint density at radius 2 is 2.12 bits per heavy atom. The van der Waals surface area contributed by atoms with Crippen molar-refractivity contribution in [2.75, 3.05) is 5.32 Å². The van der Waals surface area contributed by atoms with Crippen LogP contribution in [-0.2, 0) is 0 Å². The smallest absolute Gasteiger partial charge is 0.295 e. The zero-order valence-corrected chi connectivity index (χ0v) is 9.67. The van der Waals surface area contributed by atoms with Gasteiger partial charge in [-0.25, -0.2) is 8.78 Å². The minimum Gasteiger partial charge on any atom is -0.375 e. The third kappa shape index (κ3) is 3.12. The Balaban J connectivity index is 3.10. The van der Waals surface area contributed by atoms with E-state index in [1.807, 2.05) is 6.92 Å². The van der Waals surface area contributed by atoms with Crippen molar-refractivity contribution in [3.05, 3.63) is 33.9 Å². The van der Waals surface area contributed by atoms with E-state index in [1.54, 1.807) is 6.92 Å². The Bertz CT molecular complexity index is 424. The molecule has 0 aliphatic carbocycles. The van der Waals surface area contributed by atoms with Gasteiger partial charge in [0.1, 0.15) is 0 Å². The van der Waals surface area contributed by atoms with E-state index < -0.39 is 22.2 Å². The fourth-order valence-electron chi connectivity index (χ4n) is 1.58. The van der Waals surface area contributed by atoms with E-state index in [2.05, 4.69) is 5.32 Å². The van der Waals surface area contributed by atoms with E-state index in [0.29, 0.717) is 6.42 Å². The number of hydrogen-bond donors (Lipinski definition) is 1.